The average molecular weight is 199 g/mol. The van der Waals surface area contributed by atoms with Gasteiger partial charge >= 0.3 is 0 Å². The van der Waals surface area contributed by atoms with Crippen LogP contribution in [0.5, 0.6) is 0 Å². The molecule has 0 radical (unpaired) electrons. The van der Waals surface area contributed by atoms with Crippen LogP contribution in [0.4, 0.5) is 0 Å². The van der Waals surface area contributed by atoms with Crippen LogP contribution in [0.3, 0.4) is 0 Å². The van der Waals surface area contributed by atoms with Crippen LogP contribution in [0.15, 0.2) is 0 Å². The molecule has 1 nitrogen and oxygen atoms in total. The van der Waals surface area contributed by atoms with Crippen LogP contribution in [-0.4, -0.2) is 6.04 Å². The third-order valence-electron chi connectivity index (χ3n) is 2.76. The maximum Gasteiger partial charge on any atom is 0.00104 e. The molecule has 0 aromatic heterocycles. The first-order valence-electron chi connectivity index (χ1n) is 6.53. The fraction of sp³-hybridized carbons (Fsp3) is 1.00. The molecule has 0 fully saturated rings. The van der Waals surface area contributed by atoms with Gasteiger partial charge in [0.1, 0.15) is 0 Å². The highest BCUT2D eigenvalue weighted by atomic mass is 14.6. The molecule has 14 heavy (non-hydrogen) atoms. The molecular weight excluding hydrogens is 170 g/mol. The Morgan fingerprint density at radius 1 is 0.786 bits per heavy atom. The fourth-order valence-electron chi connectivity index (χ4n) is 1.78. The molecule has 86 valence electrons. The largest absolute Gasteiger partial charge is 0.328 e. The van der Waals surface area contributed by atoms with E-state index in [1.807, 2.05) is 0 Å². The van der Waals surface area contributed by atoms with Crippen LogP contribution in [0.2, 0.25) is 0 Å². The summed E-state index contributed by atoms with van der Waals surface area (Å²) >= 11 is 0. The molecule has 0 bridgehead atoms. The Kier molecular flexibility index (Phi) is 11.0. The van der Waals surface area contributed by atoms with Gasteiger partial charge in [0, 0.05) is 6.04 Å². The van der Waals surface area contributed by atoms with E-state index in [4.69, 9.17) is 5.73 Å². The molecule has 1 atom stereocenters. The second kappa shape index (κ2) is 11.0. The van der Waals surface area contributed by atoms with E-state index in [1.165, 1.54) is 64.2 Å². The van der Waals surface area contributed by atoms with Gasteiger partial charge in [-0.1, -0.05) is 64.7 Å². The van der Waals surface area contributed by atoms with Crippen molar-refractivity contribution in [1.82, 2.24) is 0 Å². The molecule has 2 N–H and O–H groups in total. The molecule has 0 amide bonds. The molecular formula is C13H29N. The molecule has 0 aliphatic carbocycles. The molecule has 0 aromatic carbocycles. The van der Waals surface area contributed by atoms with E-state index in [9.17, 15) is 0 Å². The van der Waals surface area contributed by atoms with Gasteiger partial charge in [-0.05, 0) is 13.3 Å². The quantitative estimate of drug-likeness (QED) is 0.523. The van der Waals surface area contributed by atoms with E-state index in [0.717, 1.165) is 0 Å². The highest BCUT2D eigenvalue weighted by molar-refractivity contribution is 4.53. The van der Waals surface area contributed by atoms with Gasteiger partial charge in [0.05, 0.1) is 0 Å². The molecule has 0 aliphatic heterocycles. The van der Waals surface area contributed by atoms with Crippen LogP contribution >= 0.6 is 0 Å². The molecule has 1 unspecified atom stereocenters. The van der Waals surface area contributed by atoms with Gasteiger partial charge < -0.3 is 5.73 Å². The third kappa shape index (κ3) is 12.0. The van der Waals surface area contributed by atoms with Crippen molar-refractivity contribution in [2.45, 2.75) is 84.1 Å². The summed E-state index contributed by atoms with van der Waals surface area (Å²) in [6.07, 6.45) is 13.9. The van der Waals surface area contributed by atoms with Crippen molar-refractivity contribution < 1.29 is 0 Å². The minimum atomic E-state index is 0.402. The van der Waals surface area contributed by atoms with Crippen molar-refractivity contribution in [1.29, 1.82) is 0 Å². The molecule has 0 saturated heterocycles. The van der Waals surface area contributed by atoms with Gasteiger partial charge in [-0.2, -0.15) is 0 Å². The average Bonchev–Trinajstić information content (AvgIpc) is 2.15. The predicted octanol–water partition coefficient (Wildman–Crippen LogP) is 4.25. The number of nitrogens with two attached hydrogens (primary N) is 1. The third-order valence-corrected chi connectivity index (χ3v) is 2.76. The molecule has 0 saturated carbocycles. The van der Waals surface area contributed by atoms with Crippen molar-refractivity contribution in [2.24, 2.45) is 5.73 Å². The van der Waals surface area contributed by atoms with Crippen LogP contribution in [0, 0.1) is 0 Å². The smallest absolute Gasteiger partial charge is 0.00104 e. The Bertz CT molecular complexity index is 99.4. The number of rotatable bonds is 10. The lowest BCUT2D eigenvalue weighted by molar-refractivity contribution is 0.537. The van der Waals surface area contributed by atoms with Gasteiger partial charge in [-0.15, -0.1) is 0 Å². The zero-order valence-electron chi connectivity index (χ0n) is 10.2. The summed E-state index contributed by atoms with van der Waals surface area (Å²) < 4.78 is 0. The highest BCUT2D eigenvalue weighted by Gasteiger charge is 1.94. The van der Waals surface area contributed by atoms with Crippen molar-refractivity contribution in [3.05, 3.63) is 0 Å². The monoisotopic (exact) mass is 199 g/mol. The summed E-state index contributed by atoms with van der Waals surface area (Å²) in [6.45, 7) is 4.37. The van der Waals surface area contributed by atoms with Gasteiger partial charge in [0.2, 0.25) is 0 Å². The van der Waals surface area contributed by atoms with Crippen molar-refractivity contribution in [3.8, 4) is 0 Å². The summed E-state index contributed by atoms with van der Waals surface area (Å²) in [5, 5.41) is 0. The van der Waals surface area contributed by atoms with Crippen LogP contribution in [0.1, 0.15) is 78.1 Å². The van der Waals surface area contributed by atoms with E-state index < -0.39 is 0 Å². The zero-order chi connectivity index (χ0) is 10.6. The first kappa shape index (κ1) is 14.0. The fourth-order valence-corrected chi connectivity index (χ4v) is 1.78. The van der Waals surface area contributed by atoms with E-state index in [-0.39, 0.29) is 0 Å². The summed E-state index contributed by atoms with van der Waals surface area (Å²) in [5.74, 6) is 0. The molecule has 0 heterocycles. The minimum Gasteiger partial charge on any atom is -0.328 e. The number of unbranched alkanes of at least 4 members (excludes halogenated alkanes) is 8. The zero-order valence-corrected chi connectivity index (χ0v) is 10.2. The first-order valence-corrected chi connectivity index (χ1v) is 6.53. The SMILES string of the molecule is CCCCCCCCCCCC(C)N. The second-order valence-corrected chi connectivity index (χ2v) is 4.59. The van der Waals surface area contributed by atoms with Crippen LogP contribution in [0.25, 0.3) is 0 Å². The highest BCUT2D eigenvalue weighted by Crippen LogP contribution is 2.10. The van der Waals surface area contributed by atoms with E-state index in [2.05, 4.69) is 13.8 Å². The van der Waals surface area contributed by atoms with Crippen molar-refractivity contribution >= 4 is 0 Å². The molecule has 0 rings (SSSR count). The lowest BCUT2D eigenvalue weighted by Gasteiger charge is -2.04. The lowest BCUT2D eigenvalue weighted by Crippen LogP contribution is -2.13. The number of hydrogen-bond donors (Lipinski definition) is 1. The maximum atomic E-state index is 5.69. The summed E-state index contributed by atoms with van der Waals surface area (Å²) in [4.78, 5) is 0. The van der Waals surface area contributed by atoms with Gasteiger partial charge in [-0.25, -0.2) is 0 Å². The summed E-state index contributed by atoms with van der Waals surface area (Å²) in [7, 11) is 0. The maximum absolute atomic E-state index is 5.69. The topological polar surface area (TPSA) is 26.0 Å². The molecule has 0 spiro atoms. The van der Waals surface area contributed by atoms with E-state index in [1.54, 1.807) is 0 Å². The Morgan fingerprint density at radius 3 is 1.64 bits per heavy atom. The Morgan fingerprint density at radius 2 is 1.21 bits per heavy atom. The molecule has 0 aliphatic rings. The Balaban J connectivity index is 2.85. The Labute approximate surface area is 90.5 Å². The van der Waals surface area contributed by atoms with Gasteiger partial charge in [-0.3, -0.25) is 0 Å². The van der Waals surface area contributed by atoms with E-state index >= 15 is 0 Å². The Hall–Kier alpha value is -0.0400. The summed E-state index contributed by atoms with van der Waals surface area (Å²) in [6, 6.07) is 0.402. The predicted molar refractivity (Wildman–Crippen MR) is 65.5 cm³/mol. The number of hydrogen-bond acceptors (Lipinski definition) is 1. The van der Waals surface area contributed by atoms with Gasteiger partial charge in [0.25, 0.3) is 0 Å². The second-order valence-electron chi connectivity index (χ2n) is 4.59. The minimum absolute atomic E-state index is 0.402. The van der Waals surface area contributed by atoms with Crippen LogP contribution in [-0.2, 0) is 0 Å². The standard InChI is InChI=1S/C13H29N/c1-3-4-5-6-7-8-9-10-11-12-13(2)14/h13H,3-12,14H2,1-2H3. The lowest BCUT2D eigenvalue weighted by atomic mass is 10.1. The molecule has 1 heteroatoms. The normalized spacial score (nSPS) is 13.1. The van der Waals surface area contributed by atoms with Crippen molar-refractivity contribution in [2.75, 3.05) is 0 Å². The van der Waals surface area contributed by atoms with Crippen molar-refractivity contribution in [3.63, 3.8) is 0 Å². The molecule has 0 aromatic rings. The van der Waals surface area contributed by atoms with E-state index in [0.29, 0.717) is 6.04 Å². The summed E-state index contributed by atoms with van der Waals surface area (Å²) in [5.41, 5.74) is 5.69. The first-order chi connectivity index (χ1) is 6.77. The van der Waals surface area contributed by atoms with Crippen LogP contribution < -0.4 is 5.73 Å². The van der Waals surface area contributed by atoms with Gasteiger partial charge in [0.15, 0.2) is 0 Å².